The van der Waals surface area contributed by atoms with Gasteiger partial charge in [0.15, 0.2) is 34.3 Å². The molecule has 18 nitrogen and oxygen atoms in total. The van der Waals surface area contributed by atoms with Crippen molar-refractivity contribution >= 4 is 35.9 Å². The summed E-state index contributed by atoms with van der Waals surface area (Å²) in [6.07, 6.45) is 28.5. The molecule has 3 amide bonds. The third-order valence-electron chi connectivity index (χ3n) is 23.4. The van der Waals surface area contributed by atoms with E-state index in [1.54, 1.807) is 28.2 Å². The molecular weight excluding hydrogens is 1420 g/mol. The molecule has 18 heteroatoms. The summed E-state index contributed by atoms with van der Waals surface area (Å²) < 4.78 is 17.7. The molecule has 1 unspecified atom stereocenters. The number of aryl methyl sites for hydroxylation is 6. The number of benzene rings is 8. The average Bonchev–Trinajstić information content (AvgIpc) is 1.21. The summed E-state index contributed by atoms with van der Waals surface area (Å²) in [5, 5.41) is 17.2. The van der Waals surface area contributed by atoms with Crippen LogP contribution in [-0.2, 0) is 51.7 Å². The van der Waals surface area contributed by atoms with Crippen molar-refractivity contribution < 1.29 is 29.0 Å². The number of unbranched alkanes of at least 4 members (excludes halogenated alkanes) is 1. The van der Waals surface area contributed by atoms with Gasteiger partial charge in [0.1, 0.15) is 33.2 Å². The van der Waals surface area contributed by atoms with E-state index < -0.39 is 11.2 Å². The van der Waals surface area contributed by atoms with Gasteiger partial charge >= 0.3 is 0 Å². The Kier molecular flexibility index (Phi) is 21.0. The summed E-state index contributed by atoms with van der Waals surface area (Å²) in [7, 11) is 0. The molecule has 20 rings (SSSR count). The van der Waals surface area contributed by atoms with Crippen molar-refractivity contribution in [1.82, 2.24) is 28.7 Å². The molecule has 9 aliphatic rings. The summed E-state index contributed by atoms with van der Waals surface area (Å²) in [6.45, 7) is 7.59. The Hall–Kier alpha value is -13.0. The number of aromatic hydroxyl groups is 1. The monoisotopic (exact) mass is 1510 g/mol. The predicted octanol–water partition coefficient (Wildman–Crippen LogP) is 15.2. The zero-order valence-electron chi connectivity index (χ0n) is 64.2. The van der Waals surface area contributed by atoms with Crippen molar-refractivity contribution in [3.63, 3.8) is 0 Å². The number of amides is 3. The number of ether oxygens (including phenoxy) is 2. The predicted molar refractivity (Wildman–Crippen MR) is 446 cm³/mol. The second kappa shape index (κ2) is 32.4. The number of fused-ring (bicyclic) bond motifs is 21. The van der Waals surface area contributed by atoms with Crippen LogP contribution in [0.1, 0.15) is 190 Å². The second-order valence-electron chi connectivity index (χ2n) is 30.3. The Morgan fingerprint density at radius 3 is 1.01 bits per heavy atom. The molecule has 11 aromatic rings. The average molecular weight is 1510 g/mol. The third-order valence-corrected chi connectivity index (χ3v) is 23.4. The van der Waals surface area contributed by atoms with E-state index in [1.165, 1.54) is 114 Å². The van der Waals surface area contributed by atoms with E-state index in [2.05, 4.69) is 193 Å². The number of rotatable bonds is 7. The lowest BCUT2D eigenvalue weighted by Gasteiger charge is -2.45. The first kappa shape index (κ1) is 73.8. The van der Waals surface area contributed by atoms with Crippen molar-refractivity contribution in [2.45, 2.75) is 116 Å². The van der Waals surface area contributed by atoms with Gasteiger partial charge in [0.25, 0.3) is 17.7 Å². The van der Waals surface area contributed by atoms with Gasteiger partial charge in [0.05, 0.1) is 18.1 Å². The maximum Gasteiger partial charge on any atom is 0.277 e. The Balaban J connectivity index is 0.000000121. The maximum atomic E-state index is 13.9. The number of carbonyl (C=O) groups is 3. The van der Waals surface area contributed by atoms with Crippen LogP contribution < -0.4 is 40.8 Å². The zero-order chi connectivity index (χ0) is 77.9. The second-order valence-corrected chi connectivity index (χ2v) is 30.3. The highest BCUT2D eigenvalue weighted by Gasteiger charge is 2.44. The molecule has 3 aliphatic carbocycles. The van der Waals surface area contributed by atoms with Gasteiger partial charge in [-0.25, -0.2) is 0 Å². The fourth-order valence-corrected chi connectivity index (χ4v) is 17.6. The first-order valence-electron chi connectivity index (χ1n) is 40.0. The van der Waals surface area contributed by atoms with Crippen LogP contribution in [0.15, 0.2) is 257 Å². The minimum Gasteiger partial charge on any atom is -0.502 e. The van der Waals surface area contributed by atoms with Crippen molar-refractivity contribution in [2.24, 2.45) is 0 Å². The van der Waals surface area contributed by atoms with Crippen molar-refractivity contribution in [2.75, 3.05) is 54.7 Å². The van der Waals surface area contributed by atoms with Gasteiger partial charge in [-0.3, -0.25) is 57.8 Å². The lowest BCUT2D eigenvalue weighted by atomic mass is 9.89. The van der Waals surface area contributed by atoms with Crippen LogP contribution in [0.25, 0.3) is 18.2 Å². The van der Waals surface area contributed by atoms with Crippen LogP contribution in [0, 0.1) is 0 Å². The minimum absolute atomic E-state index is 0.0362. The first-order valence-corrected chi connectivity index (χ1v) is 40.0. The number of pyridine rings is 3. The van der Waals surface area contributed by atoms with Crippen LogP contribution in [0.2, 0.25) is 0 Å². The fourth-order valence-electron chi connectivity index (χ4n) is 17.6. The Morgan fingerprint density at radius 1 is 0.342 bits per heavy atom. The molecule has 8 aromatic carbocycles. The van der Waals surface area contributed by atoms with E-state index in [0.717, 1.165) is 62.5 Å². The molecule has 3 atom stereocenters. The summed E-state index contributed by atoms with van der Waals surface area (Å²) in [5.41, 5.74) is 20.1. The van der Waals surface area contributed by atoms with E-state index in [4.69, 9.17) is 9.47 Å². The normalized spacial score (nSPS) is 18.4. The molecule has 6 bridgehead atoms. The zero-order valence-corrected chi connectivity index (χ0v) is 64.2. The number of aromatic nitrogens is 3. The SMILES string of the molecule is CCCC.O=C1c2c(O)c(=O)ccn2N2CN1CC/C=C\c1cccc3c1C2c1ccccc1CC3.O=C1c2c(OCc3ccccc3)c(=O)ccn2N2CN1CC/C=C\c1cccc3c1[C@@H]2c1ccccc1CC3.O=C1c2c(OCc3ccccc3)c(=O)ccn2N2CN1CC/C=C\c1cccc3c1[C@H]2c1ccccc1CC3. The topological polar surface area (TPSA) is 175 Å². The van der Waals surface area contributed by atoms with Gasteiger partial charge in [-0.15, -0.1) is 0 Å². The van der Waals surface area contributed by atoms with Crippen LogP contribution in [0.3, 0.4) is 0 Å². The highest BCUT2D eigenvalue weighted by atomic mass is 16.5. The van der Waals surface area contributed by atoms with E-state index in [0.29, 0.717) is 46.1 Å². The minimum atomic E-state index is -0.541. The number of carbonyl (C=O) groups excluding carboxylic acids is 3. The lowest BCUT2D eigenvalue weighted by Crippen LogP contribution is -2.56. The van der Waals surface area contributed by atoms with Crippen LogP contribution in [-0.4, -0.2) is 91.2 Å². The van der Waals surface area contributed by atoms with Gasteiger partial charge in [0, 0.05) is 56.4 Å². The Labute approximate surface area is 663 Å². The molecule has 1 N–H and O–H groups in total. The third kappa shape index (κ3) is 14.1. The molecule has 0 fully saturated rings. The number of nitrogens with zero attached hydrogens (tertiary/aromatic N) is 9. The molecule has 3 aromatic heterocycles. The van der Waals surface area contributed by atoms with Crippen molar-refractivity contribution in [1.29, 1.82) is 0 Å². The lowest BCUT2D eigenvalue weighted by molar-refractivity contribution is 0.0672. The molecule has 6 aliphatic heterocycles. The van der Waals surface area contributed by atoms with Crippen LogP contribution >= 0.6 is 0 Å². The van der Waals surface area contributed by atoms with Gasteiger partial charge in [0.2, 0.25) is 16.3 Å². The molecule has 0 saturated heterocycles. The summed E-state index contributed by atoms with van der Waals surface area (Å²) in [4.78, 5) is 85.2. The summed E-state index contributed by atoms with van der Waals surface area (Å²) >= 11 is 0. The largest absolute Gasteiger partial charge is 0.502 e. The van der Waals surface area contributed by atoms with E-state index >= 15 is 0 Å². The highest BCUT2D eigenvalue weighted by Crippen LogP contribution is 2.45. The van der Waals surface area contributed by atoms with Crippen LogP contribution in [0.5, 0.6) is 17.2 Å². The van der Waals surface area contributed by atoms with Crippen molar-refractivity contribution in [3.8, 4) is 17.2 Å². The quantitative estimate of drug-likeness (QED) is 0.160. The van der Waals surface area contributed by atoms with Crippen molar-refractivity contribution in [3.05, 3.63) is 385 Å². The summed E-state index contributed by atoms with van der Waals surface area (Å²) in [5.74, 6) is -0.975. The summed E-state index contributed by atoms with van der Waals surface area (Å²) in [6, 6.07) is 68.6. The smallest absolute Gasteiger partial charge is 0.277 e. The van der Waals surface area contributed by atoms with E-state index in [-0.39, 0.29) is 88.5 Å². The Morgan fingerprint density at radius 2 is 0.649 bits per heavy atom. The molecule has 114 heavy (non-hydrogen) atoms. The maximum absolute atomic E-state index is 13.9. The standard InChI is InChI=1S/2C33H29N3O3.C26H23N3O3.C4H10/c2*37-28-18-20-35-31(32(28)39-21-23-9-2-1-3-10-23)33(38)34-19-7-6-12-25-13-8-14-26-17-16-24-11-4-5-15-27(24)30(29(25)26)36(35)22-34;30-21-13-15-28-24(25(21)31)26(32)27-14-4-3-7-18-8-5-9-19-12-11-17-6-1-2-10-20(17)23(22(18)19)29(28)16-27;1-3-4-2/h2*1-6,8-15,18,20,30H,7,16-17,19,21-22H2;1-3,5-10,13,15,23,31H,4,11-12,14,16H2;3-4H2,1-2H3/b2*12-6-;7-3-;/t2*30-;;/m10../s1. The first-order chi connectivity index (χ1) is 55.9. The molecule has 0 saturated carbocycles. The molecular formula is C96H91N9O9. The van der Waals surface area contributed by atoms with E-state index in [9.17, 15) is 33.9 Å². The Bertz CT molecular complexity index is 5550. The molecule has 0 radical (unpaired) electrons. The number of hydrogen-bond donors (Lipinski definition) is 1. The van der Waals surface area contributed by atoms with Gasteiger partial charge in [-0.05, 0) is 152 Å². The van der Waals surface area contributed by atoms with E-state index in [1.807, 2.05) is 79.8 Å². The van der Waals surface area contributed by atoms with Gasteiger partial charge < -0.3 is 29.3 Å². The molecule has 0 spiro atoms. The van der Waals surface area contributed by atoms with Crippen LogP contribution in [0.4, 0.5) is 0 Å². The molecule has 9 heterocycles. The fraction of sp³-hybridized carbons (Fsp3) is 0.250. The highest BCUT2D eigenvalue weighted by molar-refractivity contribution is 5.98. The van der Waals surface area contributed by atoms with Gasteiger partial charge in [-0.2, -0.15) is 0 Å². The number of hydrogen-bond acceptors (Lipinski definition) is 12. The van der Waals surface area contributed by atoms with Gasteiger partial charge in [-0.1, -0.05) is 251 Å². The molecule has 574 valence electrons.